The Kier molecular flexibility index (Phi) is 4.01. The van der Waals surface area contributed by atoms with Crippen molar-refractivity contribution in [2.24, 2.45) is 0 Å². The van der Waals surface area contributed by atoms with Crippen molar-refractivity contribution in [3.05, 3.63) is 31.9 Å². The highest BCUT2D eigenvalue weighted by Gasteiger charge is 2.44. The molecular formula is C9H7F3N2O6. The number of alkyl halides is 3. The summed E-state index contributed by atoms with van der Waals surface area (Å²) in [6, 6.07) is 0.130. The Morgan fingerprint density at radius 3 is 1.85 bits per heavy atom. The van der Waals surface area contributed by atoms with E-state index < -0.39 is 44.5 Å². The van der Waals surface area contributed by atoms with Gasteiger partial charge in [0.25, 0.3) is 5.75 Å². The number of nitrogens with zero attached hydrogens (tertiary/aromatic N) is 2. The molecule has 0 fully saturated rings. The maximum atomic E-state index is 12.8. The minimum absolute atomic E-state index is 0.130. The Balaban J connectivity index is 3.90. The van der Waals surface area contributed by atoms with Crippen LogP contribution < -0.4 is 9.47 Å². The molecule has 8 nitrogen and oxygen atoms in total. The first kappa shape index (κ1) is 15.5. The Labute approximate surface area is 109 Å². The third kappa shape index (κ3) is 2.55. The number of ether oxygens (including phenoxy) is 2. The van der Waals surface area contributed by atoms with E-state index in [0.717, 1.165) is 14.2 Å². The number of nitro groups is 2. The van der Waals surface area contributed by atoms with E-state index in [1.165, 1.54) is 0 Å². The minimum atomic E-state index is -5.06. The van der Waals surface area contributed by atoms with Gasteiger partial charge in [-0.05, 0) is 0 Å². The summed E-state index contributed by atoms with van der Waals surface area (Å²) < 4.78 is 47.2. The van der Waals surface area contributed by atoms with Gasteiger partial charge in [-0.25, -0.2) is 0 Å². The van der Waals surface area contributed by atoms with Crippen LogP contribution in [0.15, 0.2) is 6.07 Å². The van der Waals surface area contributed by atoms with Crippen LogP contribution in [0.1, 0.15) is 5.56 Å². The molecule has 0 radical (unpaired) electrons. The van der Waals surface area contributed by atoms with E-state index in [0.29, 0.717) is 0 Å². The van der Waals surface area contributed by atoms with Crippen molar-refractivity contribution >= 4 is 11.4 Å². The lowest BCUT2D eigenvalue weighted by molar-refractivity contribution is -0.396. The molecule has 0 bridgehead atoms. The fraction of sp³-hybridized carbons (Fsp3) is 0.333. The van der Waals surface area contributed by atoms with Crippen molar-refractivity contribution in [1.29, 1.82) is 0 Å². The van der Waals surface area contributed by atoms with E-state index >= 15 is 0 Å². The van der Waals surface area contributed by atoms with Crippen molar-refractivity contribution < 1.29 is 32.5 Å². The van der Waals surface area contributed by atoms with Crippen LogP contribution in [-0.2, 0) is 6.18 Å². The van der Waals surface area contributed by atoms with Crippen LogP contribution >= 0.6 is 0 Å². The van der Waals surface area contributed by atoms with Crippen LogP contribution in [-0.4, -0.2) is 24.1 Å². The SMILES string of the molecule is COc1c([N+](=O)[O-])cc(C(F)(F)F)c(OC)c1[N+](=O)[O-]. The summed E-state index contributed by atoms with van der Waals surface area (Å²) >= 11 is 0. The molecule has 0 saturated heterocycles. The topological polar surface area (TPSA) is 105 Å². The molecule has 0 aliphatic rings. The van der Waals surface area contributed by atoms with E-state index in [4.69, 9.17) is 0 Å². The van der Waals surface area contributed by atoms with E-state index in [-0.39, 0.29) is 6.07 Å². The zero-order valence-corrected chi connectivity index (χ0v) is 10.1. The molecule has 1 rings (SSSR count). The van der Waals surface area contributed by atoms with E-state index in [9.17, 15) is 33.4 Å². The standard InChI is InChI=1S/C9H7F3N2O6/c1-19-7-4(9(10,11)12)3-5(13(15)16)8(20-2)6(7)14(17)18/h3H,1-2H3. The van der Waals surface area contributed by atoms with E-state index in [1.807, 2.05) is 0 Å². The highest BCUT2D eigenvalue weighted by Crippen LogP contribution is 2.50. The summed E-state index contributed by atoms with van der Waals surface area (Å²) in [7, 11) is 1.64. The number of benzene rings is 1. The van der Waals surface area contributed by atoms with Crippen LogP contribution in [0.5, 0.6) is 11.5 Å². The largest absolute Gasteiger partial charge is 0.490 e. The molecule has 0 heterocycles. The van der Waals surface area contributed by atoms with Gasteiger partial charge in [0, 0.05) is 6.07 Å². The summed E-state index contributed by atoms with van der Waals surface area (Å²) in [6.45, 7) is 0. The fourth-order valence-electron chi connectivity index (χ4n) is 1.54. The molecule has 0 N–H and O–H groups in total. The van der Waals surface area contributed by atoms with Gasteiger partial charge >= 0.3 is 17.6 Å². The highest BCUT2D eigenvalue weighted by atomic mass is 19.4. The number of methoxy groups -OCH3 is 2. The van der Waals surface area contributed by atoms with Gasteiger partial charge in [0.1, 0.15) is 5.56 Å². The molecule has 20 heavy (non-hydrogen) atoms. The normalized spacial score (nSPS) is 11.1. The summed E-state index contributed by atoms with van der Waals surface area (Å²) in [5.74, 6) is -2.06. The average molecular weight is 296 g/mol. The molecule has 0 unspecified atom stereocenters. The molecule has 0 aromatic heterocycles. The number of rotatable bonds is 4. The second-order valence-corrected chi connectivity index (χ2v) is 3.37. The summed E-state index contributed by atoms with van der Waals surface area (Å²) in [5, 5.41) is 21.6. The van der Waals surface area contributed by atoms with Gasteiger partial charge < -0.3 is 9.47 Å². The molecule has 1 aromatic carbocycles. The van der Waals surface area contributed by atoms with Crippen LogP contribution in [0.3, 0.4) is 0 Å². The molecule has 0 atom stereocenters. The molecule has 1 aromatic rings. The summed E-state index contributed by atoms with van der Waals surface area (Å²) in [6.07, 6.45) is -5.06. The predicted molar refractivity (Wildman–Crippen MR) is 57.9 cm³/mol. The molecule has 11 heteroatoms. The van der Waals surface area contributed by atoms with Crippen molar-refractivity contribution in [3.8, 4) is 11.5 Å². The molecule has 0 aliphatic carbocycles. The zero-order valence-electron chi connectivity index (χ0n) is 10.1. The molecule has 0 spiro atoms. The van der Waals surface area contributed by atoms with Crippen molar-refractivity contribution in [2.45, 2.75) is 6.18 Å². The van der Waals surface area contributed by atoms with E-state index in [2.05, 4.69) is 9.47 Å². The lowest BCUT2D eigenvalue weighted by Gasteiger charge is -2.13. The van der Waals surface area contributed by atoms with Gasteiger partial charge in [0.2, 0.25) is 5.75 Å². The summed E-state index contributed by atoms with van der Waals surface area (Å²) in [5.41, 5.74) is -4.05. The highest BCUT2D eigenvalue weighted by molar-refractivity contribution is 5.70. The van der Waals surface area contributed by atoms with Gasteiger partial charge in [-0.15, -0.1) is 0 Å². The Hall–Kier alpha value is -2.59. The lowest BCUT2D eigenvalue weighted by atomic mass is 10.1. The van der Waals surface area contributed by atoms with Crippen LogP contribution in [0.2, 0.25) is 0 Å². The third-order valence-corrected chi connectivity index (χ3v) is 2.28. The number of hydrogen-bond acceptors (Lipinski definition) is 6. The Bertz CT molecular complexity index is 572. The lowest BCUT2D eigenvalue weighted by Crippen LogP contribution is -2.11. The molecule has 110 valence electrons. The van der Waals surface area contributed by atoms with Crippen LogP contribution in [0.25, 0.3) is 0 Å². The maximum absolute atomic E-state index is 12.8. The third-order valence-electron chi connectivity index (χ3n) is 2.28. The average Bonchev–Trinajstić information content (AvgIpc) is 2.34. The number of hydrogen-bond donors (Lipinski definition) is 0. The second-order valence-electron chi connectivity index (χ2n) is 3.37. The first-order valence-electron chi connectivity index (χ1n) is 4.80. The van der Waals surface area contributed by atoms with E-state index in [1.54, 1.807) is 0 Å². The van der Waals surface area contributed by atoms with Crippen molar-refractivity contribution in [1.82, 2.24) is 0 Å². The monoisotopic (exact) mass is 296 g/mol. The maximum Gasteiger partial charge on any atom is 0.420 e. The second kappa shape index (κ2) is 5.19. The molecule has 0 aliphatic heterocycles. The first-order chi connectivity index (χ1) is 9.15. The Morgan fingerprint density at radius 2 is 1.55 bits per heavy atom. The quantitative estimate of drug-likeness (QED) is 0.624. The van der Waals surface area contributed by atoms with Gasteiger partial charge in [-0.1, -0.05) is 0 Å². The minimum Gasteiger partial charge on any atom is -0.490 e. The first-order valence-corrected chi connectivity index (χ1v) is 4.80. The van der Waals surface area contributed by atoms with Gasteiger partial charge in [-0.2, -0.15) is 13.2 Å². The Morgan fingerprint density at radius 1 is 1.05 bits per heavy atom. The van der Waals surface area contributed by atoms with Crippen molar-refractivity contribution in [2.75, 3.05) is 14.2 Å². The van der Waals surface area contributed by atoms with Gasteiger partial charge in [0.05, 0.1) is 24.1 Å². The molecular weight excluding hydrogens is 289 g/mol. The number of nitro benzene ring substituents is 2. The van der Waals surface area contributed by atoms with Gasteiger partial charge in [-0.3, -0.25) is 20.2 Å². The smallest absolute Gasteiger partial charge is 0.420 e. The van der Waals surface area contributed by atoms with Crippen LogP contribution in [0, 0.1) is 20.2 Å². The summed E-state index contributed by atoms with van der Waals surface area (Å²) in [4.78, 5) is 19.2. The van der Waals surface area contributed by atoms with Crippen molar-refractivity contribution in [3.63, 3.8) is 0 Å². The zero-order chi connectivity index (χ0) is 15.7. The fourth-order valence-corrected chi connectivity index (χ4v) is 1.54. The van der Waals surface area contributed by atoms with Crippen LogP contribution in [0.4, 0.5) is 24.5 Å². The molecule has 0 amide bonds. The number of halogens is 3. The molecule has 0 saturated carbocycles. The van der Waals surface area contributed by atoms with Gasteiger partial charge in [0.15, 0.2) is 0 Å². The predicted octanol–water partition coefficient (Wildman–Crippen LogP) is 2.54.